The van der Waals surface area contributed by atoms with Crippen LogP contribution in [-0.4, -0.2) is 41.7 Å². The van der Waals surface area contributed by atoms with Crippen molar-refractivity contribution in [3.63, 3.8) is 0 Å². The minimum absolute atomic E-state index is 0.00391. The number of benzene rings is 3. The van der Waals surface area contributed by atoms with Crippen LogP contribution in [0.1, 0.15) is 28.3 Å². The summed E-state index contributed by atoms with van der Waals surface area (Å²) in [6, 6.07) is 20.0. The third kappa shape index (κ3) is 4.98. The zero-order valence-electron chi connectivity index (χ0n) is 25.4. The second-order valence-electron chi connectivity index (χ2n) is 12.6. The quantitative estimate of drug-likeness (QED) is 0.226. The number of thioether (sulfide) groups is 1. The number of ether oxygens (including phenoxy) is 2. The van der Waals surface area contributed by atoms with E-state index >= 15 is 0 Å². The summed E-state index contributed by atoms with van der Waals surface area (Å²) in [5, 5.41) is 4.27. The van der Waals surface area contributed by atoms with Gasteiger partial charge in [0.05, 0.1) is 29.7 Å². The minimum Gasteiger partial charge on any atom is -0.493 e. The van der Waals surface area contributed by atoms with Gasteiger partial charge in [-0.15, -0.1) is 11.8 Å². The summed E-state index contributed by atoms with van der Waals surface area (Å²) in [7, 11) is 1.55. The van der Waals surface area contributed by atoms with Gasteiger partial charge in [-0.05, 0) is 90.8 Å². The topological polar surface area (TPSA) is 118 Å². The lowest BCUT2D eigenvalue weighted by Crippen LogP contribution is -2.42. The van der Waals surface area contributed by atoms with E-state index < -0.39 is 5.92 Å². The first-order valence-electron chi connectivity index (χ1n) is 15.4. The average molecular weight is 688 g/mol. The van der Waals surface area contributed by atoms with Crippen LogP contribution in [0, 0.1) is 36.5 Å². The van der Waals surface area contributed by atoms with E-state index in [1.165, 1.54) is 16.2 Å². The summed E-state index contributed by atoms with van der Waals surface area (Å²) < 4.78 is 11.6. The number of hydrogen-bond acceptors (Lipinski definition) is 8. The van der Waals surface area contributed by atoms with Gasteiger partial charge in [-0.25, -0.2) is 0 Å². The van der Waals surface area contributed by atoms with Crippen molar-refractivity contribution in [1.29, 1.82) is 0 Å². The van der Waals surface area contributed by atoms with Crippen LogP contribution < -0.4 is 24.6 Å². The van der Waals surface area contributed by atoms with Gasteiger partial charge in [-0.2, -0.15) is 0 Å². The van der Waals surface area contributed by atoms with E-state index in [2.05, 4.69) is 10.3 Å². The van der Waals surface area contributed by atoms with Crippen LogP contribution in [0.2, 0.25) is 5.02 Å². The molecule has 47 heavy (non-hydrogen) atoms. The van der Waals surface area contributed by atoms with Crippen LogP contribution in [0.3, 0.4) is 0 Å². The van der Waals surface area contributed by atoms with Gasteiger partial charge in [0.2, 0.25) is 11.8 Å². The van der Waals surface area contributed by atoms with E-state index in [1.807, 2.05) is 43.3 Å². The third-order valence-electron chi connectivity index (χ3n) is 10.0. The minimum atomic E-state index is -0.416. The third-order valence-corrected chi connectivity index (χ3v) is 12.9. The average Bonchev–Trinajstić information content (AvgIpc) is 3.79. The molecule has 2 aliphatic carbocycles. The number of anilines is 2. The fourth-order valence-electron chi connectivity index (χ4n) is 8.29. The Morgan fingerprint density at radius 1 is 1.00 bits per heavy atom. The molecule has 9 nitrogen and oxygen atoms in total. The largest absolute Gasteiger partial charge is 0.493 e. The Balaban J connectivity index is 1.09. The number of aromatic amines is 1. The number of hydrogen-bond donors (Lipinski definition) is 2. The molecule has 2 bridgehead atoms. The van der Waals surface area contributed by atoms with Crippen LogP contribution in [0.5, 0.6) is 11.5 Å². The number of amides is 3. The SMILES string of the molecule is COc1cc([C@H]2c3sc(=O)[nH]c3SC3C4CC(C5C(=O)N(c6ccc(Cl)cc6)C(=O)C45)C32)ccc1OCC(=O)Nc1cccc(C)c1. The highest BCUT2D eigenvalue weighted by atomic mass is 35.5. The Morgan fingerprint density at radius 2 is 1.77 bits per heavy atom. The van der Waals surface area contributed by atoms with Crippen LogP contribution in [0.25, 0.3) is 0 Å². The Hall–Kier alpha value is -4.06. The molecule has 240 valence electrons. The van der Waals surface area contributed by atoms with E-state index in [9.17, 15) is 19.2 Å². The molecule has 3 amide bonds. The Labute approximate surface area is 283 Å². The molecule has 8 rings (SSSR count). The van der Waals surface area contributed by atoms with Crippen molar-refractivity contribution in [3.05, 3.63) is 97.4 Å². The van der Waals surface area contributed by atoms with Crippen molar-refractivity contribution >= 4 is 63.8 Å². The van der Waals surface area contributed by atoms with Gasteiger partial charge < -0.3 is 19.8 Å². The Morgan fingerprint density at radius 3 is 2.51 bits per heavy atom. The van der Waals surface area contributed by atoms with E-state index in [-0.39, 0.29) is 64.0 Å². The first kappa shape index (κ1) is 30.3. The van der Waals surface area contributed by atoms with Crippen LogP contribution >= 0.6 is 34.7 Å². The Bertz CT molecular complexity index is 1990. The molecule has 4 aliphatic rings. The molecule has 4 aromatic rings. The van der Waals surface area contributed by atoms with Gasteiger partial charge in [-0.1, -0.05) is 41.1 Å². The molecule has 3 heterocycles. The second kappa shape index (κ2) is 11.6. The summed E-state index contributed by atoms with van der Waals surface area (Å²) in [4.78, 5) is 58.3. The van der Waals surface area contributed by atoms with Crippen molar-refractivity contribution in [3.8, 4) is 11.5 Å². The molecular formula is C35H30ClN3O6S2. The molecule has 3 fully saturated rings. The van der Waals surface area contributed by atoms with Crippen LogP contribution in [0.15, 0.2) is 76.6 Å². The highest BCUT2D eigenvalue weighted by Crippen LogP contribution is 2.68. The van der Waals surface area contributed by atoms with E-state index in [0.29, 0.717) is 27.9 Å². The lowest BCUT2D eigenvalue weighted by Gasteiger charge is -2.43. The number of imide groups is 1. The summed E-state index contributed by atoms with van der Waals surface area (Å²) >= 11 is 8.93. The van der Waals surface area contributed by atoms with Gasteiger partial charge in [0, 0.05) is 26.8 Å². The number of rotatable bonds is 7. The first-order valence-corrected chi connectivity index (χ1v) is 17.5. The number of carbonyl (C=O) groups excluding carboxylic acids is 3. The number of nitrogens with zero attached hydrogens (tertiary/aromatic N) is 1. The summed E-state index contributed by atoms with van der Waals surface area (Å²) in [5.41, 5.74) is 3.20. The van der Waals surface area contributed by atoms with Gasteiger partial charge in [-0.3, -0.25) is 24.1 Å². The number of thiazole rings is 1. The summed E-state index contributed by atoms with van der Waals surface area (Å²) in [5.74, 6) is -0.699. The second-order valence-corrected chi connectivity index (χ2v) is 15.2. The maximum absolute atomic E-state index is 14.0. The molecule has 1 aromatic heterocycles. The van der Waals surface area contributed by atoms with Crippen molar-refractivity contribution < 1.29 is 23.9 Å². The van der Waals surface area contributed by atoms with Crippen molar-refractivity contribution in [1.82, 2.24) is 4.98 Å². The molecule has 0 radical (unpaired) electrons. The number of aryl methyl sites for hydroxylation is 1. The van der Waals surface area contributed by atoms with Crippen LogP contribution in [0.4, 0.5) is 11.4 Å². The maximum Gasteiger partial charge on any atom is 0.305 e. The molecule has 6 unspecified atom stereocenters. The summed E-state index contributed by atoms with van der Waals surface area (Å²) in [6.07, 6.45) is 0.785. The first-order chi connectivity index (χ1) is 22.7. The zero-order chi connectivity index (χ0) is 32.6. The van der Waals surface area contributed by atoms with Gasteiger partial charge in [0.1, 0.15) is 0 Å². The molecule has 2 saturated carbocycles. The predicted molar refractivity (Wildman–Crippen MR) is 181 cm³/mol. The van der Waals surface area contributed by atoms with E-state index in [0.717, 1.165) is 27.5 Å². The number of H-pyrrole nitrogens is 1. The van der Waals surface area contributed by atoms with Gasteiger partial charge >= 0.3 is 4.87 Å². The Kier molecular flexibility index (Phi) is 7.46. The van der Waals surface area contributed by atoms with Crippen molar-refractivity contribution in [2.45, 2.75) is 29.5 Å². The zero-order valence-corrected chi connectivity index (χ0v) is 27.8. The molecule has 7 atom stereocenters. The van der Waals surface area contributed by atoms with Gasteiger partial charge in [0.25, 0.3) is 5.91 Å². The normalized spacial score (nSPS) is 27.0. The molecule has 0 spiro atoms. The standard InChI is InChI=1S/C35H30ClN3O6S2/c1-16-4-3-5-19(12-16)37-25(40)15-45-23-11-6-17(13-24(23)44-2)26-27-21-14-22(30(27)46-32-31(26)47-35(43)38-32)29-28(21)33(41)39(34(29)42)20-9-7-18(36)8-10-20/h3-13,21-22,26-30H,14-15H2,1-2H3,(H,37,40)(H,38,43)/t21?,22?,26-,27?,28?,29?,30?/m1/s1. The summed E-state index contributed by atoms with van der Waals surface area (Å²) in [6.45, 7) is 1.75. The van der Waals surface area contributed by atoms with Gasteiger partial charge in [0.15, 0.2) is 18.1 Å². The van der Waals surface area contributed by atoms with E-state index in [1.54, 1.807) is 49.2 Å². The predicted octanol–water partition coefficient (Wildman–Crippen LogP) is 6.10. The monoisotopic (exact) mass is 687 g/mol. The molecule has 1 saturated heterocycles. The lowest BCUT2D eigenvalue weighted by atomic mass is 9.68. The number of fused-ring (bicyclic) bond motifs is 9. The molecule has 12 heteroatoms. The van der Waals surface area contributed by atoms with Crippen molar-refractivity contribution in [2.75, 3.05) is 23.9 Å². The highest BCUT2D eigenvalue weighted by molar-refractivity contribution is 8.00. The number of carbonyl (C=O) groups is 3. The maximum atomic E-state index is 14.0. The molecule has 2 N–H and O–H groups in total. The number of halogens is 1. The fraction of sp³-hybridized carbons (Fsp3) is 0.314. The smallest absolute Gasteiger partial charge is 0.305 e. The van der Waals surface area contributed by atoms with Crippen molar-refractivity contribution in [2.24, 2.45) is 29.6 Å². The molecule has 3 aromatic carbocycles. The van der Waals surface area contributed by atoms with Crippen LogP contribution in [-0.2, 0) is 14.4 Å². The number of nitrogens with one attached hydrogen (secondary N) is 2. The number of methoxy groups -OCH3 is 1. The molecule has 2 aliphatic heterocycles. The lowest BCUT2D eigenvalue weighted by molar-refractivity contribution is -0.123. The fourth-order valence-corrected chi connectivity index (χ4v) is 11.3. The van der Waals surface area contributed by atoms with E-state index in [4.69, 9.17) is 21.1 Å². The highest BCUT2D eigenvalue weighted by Gasteiger charge is 2.69. The molecular weight excluding hydrogens is 658 g/mol. The number of aromatic nitrogens is 1.